The largest absolute Gasteiger partial charge is 0.365 e. The Labute approximate surface area is 195 Å². The zero-order valence-corrected chi connectivity index (χ0v) is 19.5. The third-order valence-electron chi connectivity index (χ3n) is 5.51. The number of carbonyl (C=O) groups excluding carboxylic acids is 3. The lowest BCUT2D eigenvalue weighted by atomic mass is 10.0. The van der Waals surface area contributed by atoms with Crippen molar-refractivity contribution in [2.45, 2.75) is 33.6 Å². The Morgan fingerprint density at radius 2 is 1.79 bits per heavy atom. The molecule has 0 spiro atoms. The van der Waals surface area contributed by atoms with Crippen LogP contribution in [0.4, 0.5) is 10.7 Å². The number of nitrogens with two attached hydrogens (primary N) is 1. The molecule has 3 amide bonds. The summed E-state index contributed by atoms with van der Waals surface area (Å²) in [6.45, 7) is 5.71. The van der Waals surface area contributed by atoms with E-state index >= 15 is 0 Å². The quantitative estimate of drug-likeness (QED) is 0.583. The van der Waals surface area contributed by atoms with Crippen LogP contribution in [0.25, 0.3) is 11.1 Å². The summed E-state index contributed by atoms with van der Waals surface area (Å²) in [5, 5.41) is 8.86. The molecule has 2 aromatic carbocycles. The lowest BCUT2D eigenvalue weighted by Crippen LogP contribution is -2.36. The van der Waals surface area contributed by atoms with Crippen LogP contribution in [0.3, 0.4) is 0 Å². The Morgan fingerprint density at radius 3 is 2.48 bits per heavy atom. The molecule has 1 aliphatic rings. The fraction of sp³-hybridized carbons (Fsp3) is 0.200. The maximum absolute atomic E-state index is 13.1. The summed E-state index contributed by atoms with van der Waals surface area (Å²) in [6, 6.07) is 15.2. The fourth-order valence-electron chi connectivity index (χ4n) is 3.85. The number of nitrogens with zero attached hydrogens (tertiary/aromatic N) is 2. The second-order valence-corrected chi connectivity index (χ2v) is 9.19. The summed E-state index contributed by atoms with van der Waals surface area (Å²) in [5.41, 5.74) is 10.3. The molecule has 2 heterocycles. The van der Waals surface area contributed by atoms with Gasteiger partial charge >= 0.3 is 0 Å². The van der Waals surface area contributed by atoms with Crippen molar-refractivity contribution in [3.8, 4) is 11.1 Å². The third-order valence-corrected chi connectivity index (χ3v) is 6.53. The van der Waals surface area contributed by atoms with E-state index in [-0.39, 0.29) is 30.0 Å². The Kier molecular flexibility index (Phi) is 6.11. The maximum atomic E-state index is 13.1. The zero-order chi connectivity index (χ0) is 23.7. The standard InChI is InChI=1S/C25H24N4O3S/c1-14-9-10-15(2)19(13-14)29-20(30)12-11-18(28-29)24(32)27-25-22(23(26)31)21(16(3)33-25)17-7-5-4-6-8-17/h4-10,13H,11-12H2,1-3H3,(H2,26,31)(H,27,32). The van der Waals surface area contributed by atoms with Crippen molar-refractivity contribution in [3.63, 3.8) is 0 Å². The molecule has 33 heavy (non-hydrogen) atoms. The minimum absolute atomic E-state index is 0.168. The van der Waals surface area contributed by atoms with Crippen molar-refractivity contribution in [1.82, 2.24) is 0 Å². The number of hydrazone groups is 1. The van der Waals surface area contributed by atoms with Gasteiger partial charge in [-0.3, -0.25) is 14.4 Å². The molecule has 0 saturated heterocycles. The first-order chi connectivity index (χ1) is 15.8. The molecule has 168 valence electrons. The number of primary amides is 1. The third kappa shape index (κ3) is 4.42. The Hall–Kier alpha value is -3.78. The molecule has 4 rings (SSSR count). The van der Waals surface area contributed by atoms with Gasteiger partial charge in [-0.25, -0.2) is 5.01 Å². The molecule has 0 bridgehead atoms. The van der Waals surface area contributed by atoms with Gasteiger partial charge < -0.3 is 11.1 Å². The topological polar surface area (TPSA) is 105 Å². The summed E-state index contributed by atoms with van der Waals surface area (Å²) in [6.07, 6.45) is 0.384. The molecule has 0 atom stereocenters. The van der Waals surface area contributed by atoms with E-state index in [0.29, 0.717) is 16.3 Å². The second-order valence-electron chi connectivity index (χ2n) is 7.96. The lowest BCUT2D eigenvalue weighted by molar-refractivity contribution is -0.118. The van der Waals surface area contributed by atoms with Gasteiger partial charge in [0.15, 0.2) is 0 Å². The number of nitrogens with one attached hydrogen (secondary N) is 1. The average Bonchev–Trinajstić information content (AvgIpc) is 3.12. The van der Waals surface area contributed by atoms with Crippen molar-refractivity contribution < 1.29 is 14.4 Å². The number of amides is 3. The Balaban J connectivity index is 1.68. The summed E-state index contributed by atoms with van der Waals surface area (Å²) in [7, 11) is 0. The predicted octanol–water partition coefficient (Wildman–Crippen LogP) is 4.56. The van der Waals surface area contributed by atoms with Crippen molar-refractivity contribution >= 4 is 45.5 Å². The molecule has 3 aromatic rings. The van der Waals surface area contributed by atoms with E-state index in [1.165, 1.54) is 16.3 Å². The van der Waals surface area contributed by atoms with Crippen LogP contribution in [0.1, 0.15) is 39.2 Å². The van der Waals surface area contributed by atoms with E-state index in [0.717, 1.165) is 21.6 Å². The number of aryl methyl sites for hydroxylation is 3. The highest BCUT2D eigenvalue weighted by Gasteiger charge is 2.29. The van der Waals surface area contributed by atoms with Crippen LogP contribution in [0.2, 0.25) is 0 Å². The van der Waals surface area contributed by atoms with Gasteiger partial charge in [-0.1, -0.05) is 42.5 Å². The van der Waals surface area contributed by atoms with Gasteiger partial charge in [0.05, 0.1) is 11.3 Å². The molecule has 0 unspecified atom stereocenters. The summed E-state index contributed by atoms with van der Waals surface area (Å²) >= 11 is 1.29. The summed E-state index contributed by atoms with van der Waals surface area (Å²) < 4.78 is 0. The number of benzene rings is 2. The van der Waals surface area contributed by atoms with Gasteiger partial charge in [-0.05, 0) is 43.5 Å². The molecule has 7 nitrogen and oxygen atoms in total. The highest BCUT2D eigenvalue weighted by molar-refractivity contribution is 7.17. The van der Waals surface area contributed by atoms with E-state index in [1.807, 2.05) is 69.3 Å². The number of rotatable bonds is 5. The maximum Gasteiger partial charge on any atom is 0.272 e. The zero-order valence-electron chi connectivity index (χ0n) is 18.6. The molecule has 0 saturated carbocycles. The van der Waals surface area contributed by atoms with Crippen molar-refractivity contribution in [2.75, 3.05) is 10.3 Å². The van der Waals surface area contributed by atoms with Crippen LogP contribution in [0, 0.1) is 20.8 Å². The Morgan fingerprint density at radius 1 is 1.06 bits per heavy atom. The molecule has 0 fully saturated rings. The van der Waals surface area contributed by atoms with Crippen molar-refractivity contribution in [1.29, 1.82) is 0 Å². The van der Waals surface area contributed by atoms with Gasteiger partial charge in [0.25, 0.3) is 11.8 Å². The second kappa shape index (κ2) is 8.99. The molecule has 8 heteroatoms. The highest BCUT2D eigenvalue weighted by Crippen LogP contribution is 2.39. The van der Waals surface area contributed by atoms with Gasteiger partial charge in [0, 0.05) is 23.3 Å². The summed E-state index contributed by atoms with van der Waals surface area (Å²) in [5.74, 6) is -1.25. The monoisotopic (exact) mass is 460 g/mol. The van der Waals surface area contributed by atoms with E-state index in [9.17, 15) is 14.4 Å². The number of hydrogen-bond donors (Lipinski definition) is 2. The molecule has 3 N–H and O–H groups in total. The predicted molar refractivity (Wildman–Crippen MR) is 132 cm³/mol. The Bertz CT molecular complexity index is 1290. The lowest BCUT2D eigenvalue weighted by Gasteiger charge is -2.24. The van der Waals surface area contributed by atoms with E-state index < -0.39 is 11.8 Å². The normalized spacial score (nSPS) is 13.6. The van der Waals surface area contributed by atoms with E-state index in [4.69, 9.17) is 5.73 Å². The van der Waals surface area contributed by atoms with E-state index in [2.05, 4.69) is 10.4 Å². The fourth-order valence-corrected chi connectivity index (χ4v) is 4.92. The van der Waals surface area contributed by atoms with Crippen LogP contribution < -0.4 is 16.1 Å². The van der Waals surface area contributed by atoms with Gasteiger partial charge in [0.1, 0.15) is 10.7 Å². The number of anilines is 2. The van der Waals surface area contributed by atoms with Crippen LogP contribution in [0.15, 0.2) is 53.6 Å². The van der Waals surface area contributed by atoms with Gasteiger partial charge in [0.2, 0.25) is 5.91 Å². The first kappa shape index (κ1) is 22.4. The molecule has 1 aromatic heterocycles. The van der Waals surface area contributed by atoms with E-state index in [1.54, 1.807) is 0 Å². The number of carbonyl (C=O) groups is 3. The molecule has 0 radical (unpaired) electrons. The average molecular weight is 461 g/mol. The highest BCUT2D eigenvalue weighted by atomic mass is 32.1. The summed E-state index contributed by atoms with van der Waals surface area (Å²) in [4.78, 5) is 38.9. The van der Waals surface area contributed by atoms with Crippen LogP contribution in [-0.2, 0) is 9.59 Å². The van der Waals surface area contributed by atoms with Gasteiger partial charge in [-0.2, -0.15) is 5.10 Å². The minimum Gasteiger partial charge on any atom is -0.365 e. The first-order valence-electron chi connectivity index (χ1n) is 10.5. The SMILES string of the molecule is Cc1ccc(C)c(N2N=C(C(=O)Nc3sc(C)c(-c4ccccc4)c3C(N)=O)CCC2=O)c1. The molecule has 0 aliphatic carbocycles. The smallest absolute Gasteiger partial charge is 0.272 e. The number of thiophene rings is 1. The molecule has 1 aliphatic heterocycles. The van der Waals surface area contributed by atoms with Crippen molar-refractivity contribution in [2.24, 2.45) is 10.8 Å². The van der Waals surface area contributed by atoms with Crippen LogP contribution >= 0.6 is 11.3 Å². The molecular formula is C25H24N4O3S. The van der Waals surface area contributed by atoms with Crippen molar-refractivity contribution in [3.05, 3.63) is 70.1 Å². The van der Waals surface area contributed by atoms with Gasteiger partial charge in [-0.15, -0.1) is 11.3 Å². The van der Waals surface area contributed by atoms with Crippen LogP contribution in [-0.4, -0.2) is 23.4 Å². The number of hydrogen-bond acceptors (Lipinski definition) is 5. The van der Waals surface area contributed by atoms with Crippen LogP contribution in [0.5, 0.6) is 0 Å². The minimum atomic E-state index is -0.619. The molecular weight excluding hydrogens is 436 g/mol. The first-order valence-corrected chi connectivity index (χ1v) is 11.4.